The topological polar surface area (TPSA) is 52.6 Å². The van der Waals surface area contributed by atoms with Crippen LogP contribution in [-0.2, 0) is 19.1 Å². The predicted octanol–water partition coefficient (Wildman–Crippen LogP) is 6.70. The molecule has 0 aliphatic rings. The van der Waals surface area contributed by atoms with Gasteiger partial charge in [-0.2, -0.15) is 8.78 Å². The Balaban J connectivity index is 3.83. The number of halogens is 4. The average molecular weight is 443 g/mol. The maximum atomic E-state index is 12.8. The SMILES string of the molecule is CCCCCCCCCCCCCCOC(=O)C(C)(C)C(=O)OCC(F)(F)C(F)F. The number of rotatable bonds is 18. The Morgan fingerprint density at radius 3 is 1.57 bits per heavy atom. The fraction of sp³-hybridized carbons (Fsp3) is 0.909. The summed E-state index contributed by atoms with van der Waals surface area (Å²) in [5, 5.41) is 0. The highest BCUT2D eigenvalue weighted by Gasteiger charge is 2.45. The number of carbonyl (C=O) groups is 2. The number of carbonyl (C=O) groups excluding carboxylic acids is 2. The van der Waals surface area contributed by atoms with Gasteiger partial charge in [0.15, 0.2) is 12.0 Å². The van der Waals surface area contributed by atoms with Crippen molar-refractivity contribution in [3.63, 3.8) is 0 Å². The Morgan fingerprint density at radius 2 is 1.13 bits per heavy atom. The molecule has 0 unspecified atom stereocenters. The van der Waals surface area contributed by atoms with E-state index in [0.717, 1.165) is 33.1 Å². The van der Waals surface area contributed by atoms with Gasteiger partial charge < -0.3 is 9.47 Å². The van der Waals surface area contributed by atoms with Gasteiger partial charge in [0.2, 0.25) is 0 Å². The lowest BCUT2D eigenvalue weighted by molar-refractivity contribution is -0.190. The molecule has 0 saturated heterocycles. The summed E-state index contributed by atoms with van der Waals surface area (Å²) < 4.78 is 59.1. The van der Waals surface area contributed by atoms with E-state index < -0.39 is 36.3 Å². The van der Waals surface area contributed by atoms with Gasteiger partial charge in [-0.3, -0.25) is 9.59 Å². The first kappa shape index (κ1) is 28.7. The minimum absolute atomic E-state index is 0.111. The van der Waals surface area contributed by atoms with Crippen LogP contribution in [0.2, 0.25) is 0 Å². The zero-order valence-corrected chi connectivity index (χ0v) is 18.6. The molecule has 0 saturated carbocycles. The summed E-state index contributed by atoms with van der Waals surface area (Å²) in [6.07, 6.45) is 9.94. The third-order valence-electron chi connectivity index (χ3n) is 4.97. The molecule has 0 aliphatic carbocycles. The second-order valence-electron chi connectivity index (χ2n) is 8.29. The van der Waals surface area contributed by atoms with Crippen molar-refractivity contribution in [1.29, 1.82) is 0 Å². The fourth-order valence-corrected chi connectivity index (χ4v) is 2.78. The van der Waals surface area contributed by atoms with Crippen molar-refractivity contribution in [2.75, 3.05) is 13.2 Å². The van der Waals surface area contributed by atoms with Gasteiger partial charge in [0.25, 0.3) is 0 Å². The molecule has 0 N–H and O–H groups in total. The maximum absolute atomic E-state index is 12.8. The molecular weight excluding hydrogens is 404 g/mol. The zero-order valence-electron chi connectivity index (χ0n) is 18.6. The van der Waals surface area contributed by atoms with Crippen LogP contribution in [0.4, 0.5) is 17.6 Å². The molecule has 0 aromatic heterocycles. The van der Waals surface area contributed by atoms with E-state index in [4.69, 9.17) is 4.74 Å². The molecule has 0 aliphatic heterocycles. The Kier molecular flexibility index (Phi) is 14.8. The van der Waals surface area contributed by atoms with E-state index in [1.54, 1.807) is 0 Å². The Labute approximate surface area is 178 Å². The minimum atomic E-state index is -4.45. The molecule has 0 spiro atoms. The highest BCUT2D eigenvalue weighted by molar-refractivity contribution is 5.99. The monoisotopic (exact) mass is 442 g/mol. The molecule has 0 aromatic carbocycles. The molecule has 0 bridgehead atoms. The quantitative estimate of drug-likeness (QED) is 0.103. The van der Waals surface area contributed by atoms with Crippen LogP contribution in [-0.4, -0.2) is 37.5 Å². The fourth-order valence-electron chi connectivity index (χ4n) is 2.78. The van der Waals surface area contributed by atoms with Crippen molar-refractivity contribution in [3.8, 4) is 0 Å². The van der Waals surface area contributed by atoms with Crippen LogP contribution in [0.15, 0.2) is 0 Å². The van der Waals surface area contributed by atoms with Crippen LogP contribution in [0.5, 0.6) is 0 Å². The highest BCUT2D eigenvalue weighted by atomic mass is 19.3. The molecule has 0 amide bonds. The number of hydrogen-bond acceptors (Lipinski definition) is 4. The number of esters is 2. The smallest absolute Gasteiger partial charge is 0.340 e. The summed E-state index contributed by atoms with van der Waals surface area (Å²) in [4.78, 5) is 23.8. The predicted molar refractivity (Wildman–Crippen MR) is 108 cm³/mol. The molecule has 8 heteroatoms. The lowest BCUT2D eigenvalue weighted by atomic mass is 9.94. The Hall–Kier alpha value is -1.34. The van der Waals surface area contributed by atoms with E-state index in [-0.39, 0.29) is 6.61 Å². The Bertz CT molecular complexity index is 482. The van der Waals surface area contributed by atoms with Crippen LogP contribution >= 0.6 is 0 Å². The van der Waals surface area contributed by atoms with E-state index in [0.29, 0.717) is 6.42 Å². The third kappa shape index (κ3) is 12.4. The average Bonchev–Trinajstić information content (AvgIpc) is 2.69. The number of alkyl halides is 4. The van der Waals surface area contributed by atoms with Crippen LogP contribution in [0.25, 0.3) is 0 Å². The van der Waals surface area contributed by atoms with E-state index in [1.165, 1.54) is 51.4 Å². The Morgan fingerprint density at radius 1 is 0.733 bits per heavy atom. The van der Waals surface area contributed by atoms with Gasteiger partial charge in [-0.15, -0.1) is 0 Å². The second kappa shape index (κ2) is 15.5. The third-order valence-corrected chi connectivity index (χ3v) is 4.97. The van der Waals surface area contributed by atoms with Gasteiger partial charge in [-0.25, -0.2) is 8.78 Å². The van der Waals surface area contributed by atoms with Crippen LogP contribution in [0.3, 0.4) is 0 Å². The van der Waals surface area contributed by atoms with Crippen molar-refractivity contribution >= 4 is 11.9 Å². The number of unbranched alkanes of at least 4 members (excludes halogenated alkanes) is 11. The molecular formula is C22H38F4O4. The first-order valence-electron chi connectivity index (χ1n) is 11.1. The van der Waals surface area contributed by atoms with Gasteiger partial charge in [-0.05, 0) is 20.3 Å². The maximum Gasteiger partial charge on any atom is 0.340 e. The number of ether oxygens (including phenoxy) is 2. The van der Waals surface area contributed by atoms with Crippen molar-refractivity contribution in [2.45, 2.75) is 110 Å². The van der Waals surface area contributed by atoms with Gasteiger partial charge in [0.05, 0.1) is 6.61 Å². The molecule has 0 aromatic rings. The number of hydrogen-bond donors (Lipinski definition) is 0. The summed E-state index contributed by atoms with van der Waals surface area (Å²) in [7, 11) is 0. The lowest BCUT2D eigenvalue weighted by Gasteiger charge is -2.22. The summed E-state index contributed by atoms with van der Waals surface area (Å²) in [5.74, 6) is -6.69. The van der Waals surface area contributed by atoms with Crippen molar-refractivity contribution < 1.29 is 36.6 Å². The largest absolute Gasteiger partial charge is 0.465 e. The molecule has 4 nitrogen and oxygen atoms in total. The summed E-state index contributed by atoms with van der Waals surface area (Å²) in [6, 6.07) is 0. The van der Waals surface area contributed by atoms with Gasteiger partial charge in [0.1, 0.15) is 0 Å². The van der Waals surface area contributed by atoms with Gasteiger partial charge >= 0.3 is 24.3 Å². The first-order valence-corrected chi connectivity index (χ1v) is 11.1. The van der Waals surface area contributed by atoms with E-state index in [2.05, 4.69) is 11.7 Å². The lowest BCUT2D eigenvalue weighted by Crippen LogP contribution is -2.40. The summed E-state index contributed by atoms with van der Waals surface area (Å²) in [6.45, 7) is 2.85. The normalized spacial score (nSPS) is 12.3. The molecule has 0 heterocycles. The minimum Gasteiger partial charge on any atom is -0.465 e. The zero-order chi connectivity index (χ0) is 23.0. The second-order valence-corrected chi connectivity index (χ2v) is 8.29. The van der Waals surface area contributed by atoms with Crippen molar-refractivity contribution in [3.05, 3.63) is 0 Å². The molecule has 178 valence electrons. The van der Waals surface area contributed by atoms with Crippen LogP contribution in [0.1, 0.15) is 97.8 Å². The van der Waals surface area contributed by atoms with E-state index in [1.807, 2.05) is 0 Å². The van der Waals surface area contributed by atoms with Crippen molar-refractivity contribution in [1.82, 2.24) is 0 Å². The molecule has 30 heavy (non-hydrogen) atoms. The van der Waals surface area contributed by atoms with Gasteiger partial charge in [0, 0.05) is 0 Å². The first-order chi connectivity index (χ1) is 14.1. The van der Waals surface area contributed by atoms with Gasteiger partial charge in [-0.1, -0.05) is 77.6 Å². The van der Waals surface area contributed by atoms with Crippen LogP contribution in [0, 0.1) is 5.41 Å². The highest BCUT2D eigenvalue weighted by Crippen LogP contribution is 2.26. The summed E-state index contributed by atoms with van der Waals surface area (Å²) in [5.41, 5.74) is -1.84. The molecule has 0 rings (SSSR count). The van der Waals surface area contributed by atoms with Crippen LogP contribution < -0.4 is 0 Å². The van der Waals surface area contributed by atoms with Crippen molar-refractivity contribution in [2.24, 2.45) is 5.41 Å². The molecule has 0 fully saturated rings. The van der Waals surface area contributed by atoms with E-state index in [9.17, 15) is 27.2 Å². The molecule has 0 radical (unpaired) electrons. The summed E-state index contributed by atoms with van der Waals surface area (Å²) >= 11 is 0. The standard InChI is InChI=1S/C22H38F4O4/c1-4-5-6-7-8-9-10-11-12-13-14-15-16-29-19(27)21(2,3)20(28)30-17-22(25,26)18(23)24/h18H,4-17H2,1-3H3. The molecule has 0 atom stereocenters. The van der Waals surface area contributed by atoms with E-state index >= 15 is 0 Å².